The minimum Gasteiger partial charge on any atom is -0.502 e. The molecule has 0 bridgehead atoms. The zero-order valence-corrected chi connectivity index (χ0v) is 16.7. The number of nitrogens with zero attached hydrogens (tertiary/aromatic N) is 3. The SMILES string of the molecule is COc1cc(CN2CCc3c(c(O)c(=O)n(C)c3C(=O)N(C)C)C2=O)ccc1F. The molecule has 154 valence electrons. The maximum absolute atomic E-state index is 13.6. The van der Waals surface area contributed by atoms with Crippen LogP contribution in [0.5, 0.6) is 11.5 Å². The Balaban J connectivity index is 2.04. The molecule has 2 heterocycles. The van der Waals surface area contributed by atoms with Crippen LogP contribution in [0, 0.1) is 5.82 Å². The number of methoxy groups -OCH3 is 1. The predicted molar refractivity (Wildman–Crippen MR) is 103 cm³/mol. The van der Waals surface area contributed by atoms with Crippen molar-refractivity contribution < 1.29 is 23.8 Å². The second-order valence-electron chi connectivity index (χ2n) is 7.06. The van der Waals surface area contributed by atoms with Gasteiger partial charge in [-0.05, 0) is 24.1 Å². The van der Waals surface area contributed by atoms with Gasteiger partial charge in [0.15, 0.2) is 17.3 Å². The lowest BCUT2D eigenvalue weighted by Crippen LogP contribution is -2.42. The number of aromatic nitrogens is 1. The number of carbonyl (C=O) groups is 2. The summed E-state index contributed by atoms with van der Waals surface area (Å²) in [5, 5.41) is 10.4. The van der Waals surface area contributed by atoms with Crippen molar-refractivity contribution in [3.8, 4) is 11.5 Å². The van der Waals surface area contributed by atoms with Crippen LogP contribution in [-0.4, -0.2) is 59.0 Å². The number of aromatic hydroxyl groups is 1. The van der Waals surface area contributed by atoms with Crippen LogP contribution in [-0.2, 0) is 20.0 Å². The lowest BCUT2D eigenvalue weighted by atomic mass is 9.95. The van der Waals surface area contributed by atoms with E-state index in [-0.39, 0.29) is 36.5 Å². The zero-order chi connectivity index (χ0) is 21.5. The molecule has 0 unspecified atom stereocenters. The Morgan fingerprint density at radius 1 is 1.31 bits per heavy atom. The summed E-state index contributed by atoms with van der Waals surface area (Å²) >= 11 is 0. The van der Waals surface area contributed by atoms with Gasteiger partial charge >= 0.3 is 0 Å². The number of fused-ring (bicyclic) bond motifs is 1. The molecule has 1 aromatic carbocycles. The van der Waals surface area contributed by atoms with Crippen LogP contribution in [0.1, 0.15) is 32.0 Å². The van der Waals surface area contributed by atoms with Crippen LogP contribution in [0.4, 0.5) is 4.39 Å². The highest BCUT2D eigenvalue weighted by Crippen LogP contribution is 2.29. The number of rotatable bonds is 4. The second-order valence-corrected chi connectivity index (χ2v) is 7.06. The normalized spacial score (nSPS) is 13.3. The molecule has 2 aromatic rings. The maximum atomic E-state index is 13.6. The van der Waals surface area contributed by atoms with Crippen LogP contribution in [0.3, 0.4) is 0 Å². The van der Waals surface area contributed by atoms with E-state index in [0.717, 1.165) is 4.57 Å². The average molecular weight is 403 g/mol. The highest BCUT2D eigenvalue weighted by atomic mass is 19.1. The maximum Gasteiger partial charge on any atom is 0.293 e. The van der Waals surface area contributed by atoms with Crippen LogP contribution in [0.2, 0.25) is 0 Å². The molecule has 0 atom stereocenters. The predicted octanol–water partition coefficient (Wildman–Crippen LogP) is 1.14. The molecule has 8 nitrogen and oxygen atoms in total. The number of hydrogen-bond donors (Lipinski definition) is 1. The van der Waals surface area contributed by atoms with Crippen molar-refractivity contribution in [3.63, 3.8) is 0 Å². The smallest absolute Gasteiger partial charge is 0.293 e. The Hall–Kier alpha value is -3.36. The Morgan fingerprint density at radius 2 is 2.00 bits per heavy atom. The molecule has 9 heteroatoms. The van der Waals surface area contributed by atoms with Gasteiger partial charge in [-0.25, -0.2) is 4.39 Å². The van der Waals surface area contributed by atoms with Crippen molar-refractivity contribution in [2.75, 3.05) is 27.7 Å². The minimum atomic E-state index is -0.812. The summed E-state index contributed by atoms with van der Waals surface area (Å²) in [4.78, 5) is 40.8. The monoisotopic (exact) mass is 403 g/mol. The highest BCUT2D eigenvalue weighted by Gasteiger charge is 2.34. The Labute approximate surface area is 166 Å². The summed E-state index contributed by atoms with van der Waals surface area (Å²) in [6, 6.07) is 4.27. The molecule has 1 N–H and O–H groups in total. The first kappa shape index (κ1) is 20.4. The van der Waals surface area contributed by atoms with Gasteiger partial charge in [-0.15, -0.1) is 0 Å². The van der Waals surface area contributed by atoms with Crippen molar-refractivity contribution in [2.24, 2.45) is 7.05 Å². The number of ether oxygens (including phenoxy) is 1. The number of benzene rings is 1. The first-order chi connectivity index (χ1) is 13.7. The number of halogens is 1. The van der Waals surface area contributed by atoms with Crippen molar-refractivity contribution in [1.82, 2.24) is 14.4 Å². The molecule has 1 aliphatic heterocycles. The van der Waals surface area contributed by atoms with Gasteiger partial charge in [0.1, 0.15) is 5.69 Å². The summed E-state index contributed by atoms with van der Waals surface area (Å²) in [5.41, 5.74) is 0.102. The summed E-state index contributed by atoms with van der Waals surface area (Å²) in [7, 11) is 5.83. The lowest BCUT2D eigenvalue weighted by Gasteiger charge is -2.31. The molecule has 3 rings (SSSR count). The molecule has 0 radical (unpaired) electrons. The first-order valence-electron chi connectivity index (χ1n) is 8.95. The summed E-state index contributed by atoms with van der Waals surface area (Å²) < 4.78 is 19.7. The van der Waals surface area contributed by atoms with Gasteiger partial charge < -0.3 is 24.2 Å². The number of hydrogen-bond acceptors (Lipinski definition) is 5. The molecular formula is C20H22FN3O5. The number of amides is 2. The third-order valence-corrected chi connectivity index (χ3v) is 5.00. The van der Waals surface area contributed by atoms with Gasteiger partial charge in [-0.2, -0.15) is 0 Å². The zero-order valence-electron chi connectivity index (χ0n) is 16.7. The molecule has 1 aliphatic rings. The Morgan fingerprint density at radius 3 is 2.62 bits per heavy atom. The molecule has 0 aliphatic carbocycles. The van der Waals surface area contributed by atoms with Gasteiger partial charge in [0, 0.05) is 39.8 Å². The van der Waals surface area contributed by atoms with Crippen LogP contribution in [0.15, 0.2) is 23.0 Å². The third-order valence-electron chi connectivity index (χ3n) is 5.00. The molecular weight excluding hydrogens is 381 g/mol. The number of pyridine rings is 1. The standard InChI is InChI=1S/C20H22FN3O5/c1-22(2)19(27)16-12-7-8-24(10-11-5-6-13(21)14(9-11)29-4)18(26)15(12)17(25)20(28)23(16)3/h5-6,9,25H,7-8,10H2,1-4H3. The van der Waals surface area contributed by atoms with Gasteiger partial charge in [0.2, 0.25) is 0 Å². The molecule has 0 saturated carbocycles. The van der Waals surface area contributed by atoms with Gasteiger partial charge in [-0.1, -0.05) is 6.07 Å². The van der Waals surface area contributed by atoms with E-state index in [1.165, 1.54) is 42.2 Å². The third kappa shape index (κ3) is 3.43. The minimum absolute atomic E-state index is 0.0583. The number of carbonyl (C=O) groups excluding carboxylic acids is 2. The van der Waals surface area contributed by atoms with Gasteiger partial charge in [0.05, 0.1) is 12.7 Å². The van der Waals surface area contributed by atoms with E-state index in [1.54, 1.807) is 14.1 Å². The van der Waals surface area contributed by atoms with Crippen molar-refractivity contribution >= 4 is 11.8 Å². The highest BCUT2D eigenvalue weighted by molar-refractivity contribution is 6.03. The molecule has 1 aromatic heterocycles. The lowest BCUT2D eigenvalue weighted by molar-refractivity contribution is 0.0720. The van der Waals surface area contributed by atoms with Gasteiger partial charge in [0.25, 0.3) is 17.4 Å². The van der Waals surface area contributed by atoms with Crippen molar-refractivity contribution in [3.05, 3.63) is 56.8 Å². The van der Waals surface area contributed by atoms with E-state index < -0.39 is 28.9 Å². The average Bonchev–Trinajstić information content (AvgIpc) is 2.69. The fraction of sp³-hybridized carbons (Fsp3) is 0.350. The molecule has 29 heavy (non-hydrogen) atoms. The molecule has 0 saturated heterocycles. The molecule has 2 amide bonds. The Bertz CT molecular complexity index is 1060. The van der Waals surface area contributed by atoms with E-state index in [4.69, 9.17) is 4.74 Å². The topological polar surface area (TPSA) is 92.1 Å². The molecule has 0 fully saturated rings. The van der Waals surface area contributed by atoms with E-state index in [1.807, 2.05) is 0 Å². The largest absolute Gasteiger partial charge is 0.502 e. The fourth-order valence-corrected chi connectivity index (χ4v) is 3.47. The van der Waals surface area contributed by atoms with E-state index in [0.29, 0.717) is 11.1 Å². The first-order valence-corrected chi connectivity index (χ1v) is 8.95. The van der Waals surface area contributed by atoms with E-state index in [2.05, 4.69) is 0 Å². The van der Waals surface area contributed by atoms with Crippen molar-refractivity contribution in [1.29, 1.82) is 0 Å². The fourth-order valence-electron chi connectivity index (χ4n) is 3.47. The van der Waals surface area contributed by atoms with Crippen LogP contribution in [0.25, 0.3) is 0 Å². The van der Waals surface area contributed by atoms with Crippen molar-refractivity contribution in [2.45, 2.75) is 13.0 Å². The van der Waals surface area contributed by atoms with E-state index in [9.17, 15) is 23.9 Å². The quantitative estimate of drug-likeness (QED) is 0.827. The second kappa shape index (κ2) is 7.57. The van der Waals surface area contributed by atoms with Crippen LogP contribution >= 0.6 is 0 Å². The summed E-state index contributed by atoms with van der Waals surface area (Å²) in [6.07, 6.45) is 0.288. The van der Waals surface area contributed by atoms with Crippen LogP contribution < -0.4 is 10.3 Å². The van der Waals surface area contributed by atoms with Gasteiger partial charge in [-0.3, -0.25) is 14.4 Å². The summed E-state index contributed by atoms with van der Waals surface area (Å²) in [5.74, 6) is -2.12. The van der Waals surface area contributed by atoms with E-state index >= 15 is 0 Å². The Kier molecular flexibility index (Phi) is 5.32. The molecule has 0 spiro atoms. The summed E-state index contributed by atoms with van der Waals surface area (Å²) in [6.45, 7) is 0.414.